The summed E-state index contributed by atoms with van der Waals surface area (Å²) in [6, 6.07) is 8.62. The monoisotopic (exact) mass is 341 g/mol. The van der Waals surface area contributed by atoms with Crippen molar-refractivity contribution in [3.8, 4) is 0 Å². The first-order chi connectivity index (χ1) is 12.0. The van der Waals surface area contributed by atoms with Gasteiger partial charge in [0.05, 0.1) is 5.56 Å². The normalized spacial score (nSPS) is 15.2. The first-order valence-corrected chi connectivity index (χ1v) is 8.48. The number of carboxylic acid groups (broad SMARTS) is 1. The van der Waals surface area contributed by atoms with Crippen LogP contribution >= 0.6 is 0 Å². The molecule has 0 radical (unpaired) electrons. The van der Waals surface area contributed by atoms with Crippen LogP contribution in [0.5, 0.6) is 0 Å². The Morgan fingerprint density at radius 1 is 1.20 bits per heavy atom. The maximum Gasteiger partial charge on any atom is 0.335 e. The van der Waals surface area contributed by atoms with Gasteiger partial charge in [0.1, 0.15) is 17.5 Å². The van der Waals surface area contributed by atoms with E-state index in [1.807, 2.05) is 19.1 Å². The van der Waals surface area contributed by atoms with Gasteiger partial charge < -0.3 is 20.2 Å². The molecule has 7 heteroatoms. The summed E-state index contributed by atoms with van der Waals surface area (Å²) in [5, 5.41) is 12.3. The van der Waals surface area contributed by atoms with E-state index in [1.165, 1.54) is 0 Å². The molecule has 1 aliphatic rings. The van der Waals surface area contributed by atoms with Crippen LogP contribution in [0.2, 0.25) is 0 Å². The first kappa shape index (κ1) is 17.2. The minimum Gasteiger partial charge on any atom is -0.478 e. The van der Waals surface area contributed by atoms with Crippen LogP contribution < -0.4 is 10.2 Å². The molecule has 0 atom stereocenters. The van der Waals surface area contributed by atoms with E-state index in [0.29, 0.717) is 17.3 Å². The van der Waals surface area contributed by atoms with Gasteiger partial charge in [-0.1, -0.05) is 13.0 Å². The highest BCUT2D eigenvalue weighted by molar-refractivity contribution is 5.89. The second kappa shape index (κ2) is 7.48. The molecule has 2 N–H and O–H groups in total. The number of carboxylic acids is 1. The van der Waals surface area contributed by atoms with Gasteiger partial charge in [-0.3, -0.25) is 0 Å². The summed E-state index contributed by atoms with van der Waals surface area (Å²) in [5.74, 6) is 1.31. The molecule has 0 aliphatic carbocycles. The summed E-state index contributed by atoms with van der Waals surface area (Å²) in [7, 11) is 0. The molecule has 2 heterocycles. The molecule has 0 amide bonds. The number of aryl methyl sites for hydroxylation is 1. The average molecular weight is 341 g/mol. The molecule has 0 saturated carbocycles. The number of likely N-dealkylation sites (N-methyl/N-ethyl adjacent to an activating group) is 1. The number of aromatic carboxylic acids is 1. The van der Waals surface area contributed by atoms with E-state index in [-0.39, 0.29) is 5.56 Å². The Bertz CT molecular complexity index is 757. The lowest BCUT2D eigenvalue weighted by atomic mass is 10.2. The highest BCUT2D eigenvalue weighted by Gasteiger charge is 2.18. The molecule has 2 aromatic rings. The van der Waals surface area contributed by atoms with Crippen LogP contribution in [0.25, 0.3) is 0 Å². The summed E-state index contributed by atoms with van der Waals surface area (Å²) >= 11 is 0. The smallest absolute Gasteiger partial charge is 0.335 e. The summed E-state index contributed by atoms with van der Waals surface area (Å²) in [6.07, 6.45) is 0. The zero-order chi connectivity index (χ0) is 17.8. The van der Waals surface area contributed by atoms with E-state index >= 15 is 0 Å². The lowest BCUT2D eigenvalue weighted by Crippen LogP contribution is -2.46. The van der Waals surface area contributed by atoms with Gasteiger partial charge in [-0.05, 0) is 31.7 Å². The largest absolute Gasteiger partial charge is 0.478 e. The fraction of sp³-hybridized carbons (Fsp3) is 0.389. The second-order valence-electron chi connectivity index (χ2n) is 6.09. The number of nitrogens with one attached hydrogen (secondary N) is 1. The number of benzene rings is 1. The van der Waals surface area contributed by atoms with Crippen LogP contribution in [0.4, 0.5) is 17.3 Å². The van der Waals surface area contributed by atoms with Crippen molar-refractivity contribution in [2.24, 2.45) is 0 Å². The number of rotatable bonds is 5. The minimum atomic E-state index is -0.947. The topological polar surface area (TPSA) is 81.6 Å². The third-order valence-corrected chi connectivity index (χ3v) is 4.35. The summed E-state index contributed by atoms with van der Waals surface area (Å²) in [4.78, 5) is 24.8. The highest BCUT2D eigenvalue weighted by atomic mass is 16.4. The molecule has 1 saturated heterocycles. The Labute approximate surface area is 147 Å². The van der Waals surface area contributed by atoms with Gasteiger partial charge in [0.2, 0.25) is 0 Å². The molecular weight excluding hydrogens is 318 g/mol. The number of piperazine rings is 1. The molecule has 3 rings (SSSR count). The van der Waals surface area contributed by atoms with E-state index < -0.39 is 5.97 Å². The van der Waals surface area contributed by atoms with Crippen molar-refractivity contribution < 1.29 is 9.90 Å². The minimum absolute atomic E-state index is 0.242. The van der Waals surface area contributed by atoms with E-state index in [0.717, 1.165) is 38.5 Å². The Kier molecular flexibility index (Phi) is 5.14. The lowest BCUT2D eigenvalue weighted by Gasteiger charge is -2.34. The molecule has 132 valence electrons. The number of hydrogen-bond acceptors (Lipinski definition) is 6. The van der Waals surface area contributed by atoms with E-state index in [2.05, 4.69) is 32.0 Å². The molecule has 1 aromatic heterocycles. The molecular formula is C18H23N5O2. The van der Waals surface area contributed by atoms with Gasteiger partial charge in [-0.15, -0.1) is 0 Å². The van der Waals surface area contributed by atoms with Crippen molar-refractivity contribution >= 4 is 23.3 Å². The molecule has 0 unspecified atom stereocenters. The number of anilines is 3. The van der Waals surface area contributed by atoms with Gasteiger partial charge in [0, 0.05) is 37.9 Å². The van der Waals surface area contributed by atoms with Crippen molar-refractivity contribution in [2.75, 3.05) is 42.9 Å². The van der Waals surface area contributed by atoms with Crippen LogP contribution in [0.15, 0.2) is 30.3 Å². The van der Waals surface area contributed by atoms with Crippen molar-refractivity contribution in [1.29, 1.82) is 0 Å². The van der Waals surface area contributed by atoms with Gasteiger partial charge in [0.25, 0.3) is 0 Å². The molecule has 25 heavy (non-hydrogen) atoms. The van der Waals surface area contributed by atoms with Gasteiger partial charge in [0.15, 0.2) is 0 Å². The standard InChI is InChI=1S/C18H23N5O2/c1-3-22-7-9-23(10-8-22)17-12-16(19-13(2)20-17)21-15-6-4-5-14(11-15)18(24)25/h4-6,11-12H,3,7-10H2,1-2H3,(H,24,25)(H,19,20,21). The Morgan fingerprint density at radius 2 is 1.96 bits per heavy atom. The van der Waals surface area contributed by atoms with Gasteiger partial charge >= 0.3 is 5.97 Å². The highest BCUT2D eigenvalue weighted by Crippen LogP contribution is 2.21. The van der Waals surface area contributed by atoms with Crippen molar-refractivity contribution in [3.63, 3.8) is 0 Å². The van der Waals surface area contributed by atoms with E-state index in [9.17, 15) is 4.79 Å². The molecule has 0 bridgehead atoms. The maximum atomic E-state index is 11.1. The first-order valence-electron chi connectivity index (χ1n) is 8.48. The van der Waals surface area contributed by atoms with Crippen molar-refractivity contribution in [1.82, 2.24) is 14.9 Å². The Hall–Kier alpha value is -2.67. The zero-order valence-corrected chi connectivity index (χ0v) is 14.6. The molecule has 7 nitrogen and oxygen atoms in total. The number of carbonyl (C=O) groups is 1. The average Bonchev–Trinajstić information content (AvgIpc) is 2.61. The van der Waals surface area contributed by atoms with Crippen molar-refractivity contribution in [2.45, 2.75) is 13.8 Å². The molecule has 1 aromatic carbocycles. The lowest BCUT2D eigenvalue weighted by molar-refractivity contribution is 0.0697. The van der Waals surface area contributed by atoms with Crippen LogP contribution in [0.3, 0.4) is 0 Å². The van der Waals surface area contributed by atoms with Crippen molar-refractivity contribution in [3.05, 3.63) is 41.7 Å². The third kappa shape index (κ3) is 4.24. The second-order valence-corrected chi connectivity index (χ2v) is 6.09. The number of nitrogens with zero attached hydrogens (tertiary/aromatic N) is 4. The van der Waals surface area contributed by atoms with Crippen LogP contribution in [0.1, 0.15) is 23.1 Å². The molecule has 1 aliphatic heterocycles. The van der Waals surface area contributed by atoms with Gasteiger partial charge in [-0.25, -0.2) is 14.8 Å². The van der Waals surface area contributed by atoms with E-state index in [4.69, 9.17) is 5.11 Å². The van der Waals surface area contributed by atoms with Crippen LogP contribution in [0, 0.1) is 6.92 Å². The maximum absolute atomic E-state index is 11.1. The SMILES string of the molecule is CCN1CCN(c2cc(Nc3cccc(C(=O)O)c3)nc(C)n2)CC1. The third-order valence-electron chi connectivity index (χ3n) is 4.35. The van der Waals surface area contributed by atoms with Crippen LogP contribution in [-0.4, -0.2) is 58.7 Å². The molecule has 1 fully saturated rings. The zero-order valence-electron chi connectivity index (χ0n) is 14.6. The van der Waals surface area contributed by atoms with E-state index in [1.54, 1.807) is 18.2 Å². The molecule has 0 spiro atoms. The fourth-order valence-corrected chi connectivity index (χ4v) is 2.95. The van der Waals surface area contributed by atoms with Gasteiger partial charge in [-0.2, -0.15) is 0 Å². The number of hydrogen-bond donors (Lipinski definition) is 2. The quantitative estimate of drug-likeness (QED) is 0.864. The predicted octanol–water partition coefficient (Wildman–Crippen LogP) is 2.37. The number of aromatic nitrogens is 2. The fourth-order valence-electron chi connectivity index (χ4n) is 2.95. The van der Waals surface area contributed by atoms with Crippen LogP contribution in [-0.2, 0) is 0 Å². The summed E-state index contributed by atoms with van der Waals surface area (Å²) < 4.78 is 0. The Balaban J connectivity index is 1.78. The Morgan fingerprint density at radius 3 is 2.64 bits per heavy atom. The summed E-state index contributed by atoms with van der Waals surface area (Å²) in [6.45, 7) is 9.06. The predicted molar refractivity (Wildman–Crippen MR) is 97.8 cm³/mol. The summed E-state index contributed by atoms with van der Waals surface area (Å²) in [5.41, 5.74) is 0.937.